The summed E-state index contributed by atoms with van der Waals surface area (Å²) in [6.45, 7) is 5.40. The summed E-state index contributed by atoms with van der Waals surface area (Å²) in [5, 5.41) is 0. The zero-order valence-electron chi connectivity index (χ0n) is 12.3. The van der Waals surface area contributed by atoms with Crippen LogP contribution < -0.4 is 0 Å². The molecule has 0 aromatic carbocycles. The van der Waals surface area contributed by atoms with Crippen LogP contribution in [0.5, 0.6) is 0 Å². The summed E-state index contributed by atoms with van der Waals surface area (Å²) in [4.78, 5) is 27.5. The number of hydrogen-bond donors (Lipinski definition) is 0. The lowest BCUT2D eigenvalue weighted by molar-refractivity contribution is -0.145. The first-order chi connectivity index (χ1) is 9.60. The molecule has 0 bridgehead atoms. The second kappa shape index (κ2) is 6.92. The number of carbonyl (C=O) groups excluding carboxylic acids is 2. The van der Waals surface area contributed by atoms with E-state index in [0.29, 0.717) is 25.6 Å². The zero-order valence-corrected chi connectivity index (χ0v) is 12.3. The van der Waals surface area contributed by atoms with Gasteiger partial charge in [0.2, 0.25) is 0 Å². The maximum absolute atomic E-state index is 12.5. The molecule has 2 amide bonds. The Hall–Kier alpha value is -1.30. The molecule has 2 saturated heterocycles. The van der Waals surface area contributed by atoms with Gasteiger partial charge in [-0.3, -0.25) is 4.79 Å². The fourth-order valence-electron chi connectivity index (χ4n) is 2.85. The Morgan fingerprint density at radius 3 is 2.70 bits per heavy atom. The van der Waals surface area contributed by atoms with Crippen molar-refractivity contribution in [1.29, 1.82) is 0 Å². The van der Waals surface area contributed by atoms with Crippen molar-refractivity contribution >= 4 is 12.0 Å². The molecule has 6 nitrogen and oxygen atoms in total. The molecular weight excluding hydrogens is 260 g/mol. The number of carbonyl (C=O) groups is 2. The Morgan fingerprint density at radius 2 is 2.00 bits per heavy atom. The Kier molecular flexibility index (Phi) is 5.23. The molecule has 2 aliphatic heterocycles. The molecule has 2 unspecified atom stereocenters. The average Bonchev–Trinajstić information content (AvgIpc) is 2.46. The highest BCUT2D eigenvalue weighted by atomic mass is 16.5. The third-order valence-corrected chi connectivity index (χ3v) is 3.96. The van der Waals surface area contributed by atoms with Crippen molar-refractivity contribution in [2.75, 3.05) is 39.9 Å². The molecular formula is C14H24N2O4. The third-order valence-electron chi connectivity index (χ3n) is 3.96. The zero-order chi connectivity index (χ0) is 14.5. The standard InChI is InChI=1S/C14H24N2O4/c1-11-4-3-5-15(9-11)14(18)16-6-7-20-12(10-16)8-13(17)19-2/h11-12H,3-10H2,1-2H3. The summed E-state index contributed by atoms with van der Waals surface area (Å²) in [7, 11) is 1.36. The van der Waals surface area contributed by atoms with Crippen LogP contribution in [-0.2, 0) is 14.3 Å². The summed E-state index contributed by atoms with van der Waals surface area (Å²) in [5.74, 6) is 0.274. The first-order valence-electron chi connectivity index (χ1n) is 7.32. The van der Waals surface area contributed by atoms with E-state index in [2.05, 4.69) is 11.7 Å². The lowest BCUT2D eigenvalue weighted by Gasteiger charge is -2.38. The smallest absolute Gasteiger partial charge is 0.320 e. The molecule has 0 spiro atoms. The first-order valence-corrected chi connectivity index (χ1v) is 7.32. The Labute approximate surface area is 120 Å². The van der Waals surface area contributed by atoms with Crippen LogP contribution in [0.15, 0.2) is 0 Å². The van der Waals surface area contributed by atoms with E-state index >= 15 is 0 Å². The SMILES string of the molecule is COC(=O)CC1CN(C(=O)N2CCCC(C)C2)CCO1. The number of likely N-dealkylation sites (tertiary alicyclic amines) is 1. The second-order valence-corrected chi connectivity index (χ2v) is 5.70. The van der Waals surface area contributed by atoms with E-state index in [1.54, 1.807) is 4.90 Å². The number of amides is 2. The van der Waals surface area contributed by atoms with Gasteiger partial charge < -0.3 is 19.3 Å². The molecule has 2 atom stereocenters. The van der Waals surface area contributed by atoms with Crippen LogP contribution in [0, 0.1) is 5.92 Å². The van der Waals surface area contributed by atoms with Gasteiger partial charge in [-0.1, -0.05) is 6.92 Å². The largest absolute Gasteiger partial charge is 0.469 e. The van der Waals surface area contributed by atoms with Crippen molar-refractivity contribution in [2.45, 2.75) is 32.3 Å². The van der Waals surface area contributed by atoms with Crippen LogP contribution in [0.2, 0.25) is 0 Å². The molecule has 2 fully saturated rings. The van der Waals surface area contributed by atoms with Gasteiger partial charge in [0.1, 0.15) is 0 Å². The molecule has 2 aliphatic rings. The number of ether oxygens (including phenoxy) is 2. The number of methoxy groups -OCH3 is 1. The number of hydrogen-bond acceptors (Lipinski definition) is 4. The minimum atomic E-state index is -0.295. The lowest BCUT2D eigenvalue weighted by atomic mass is 10.0. The van der Waals surface area contributed by atoms with Crippen molar-refractivity contribution in [2.24, 2.45) is 5.92 Å². The molecule has 20 heavy (non-hydrogen) atoms. The third kappa shape index (κ3) is 3.85. The number of nitrogens with zero attached hydrogens (tertiary/aromatic N) is 2. The molecule has 6 heteroatoms. The minimum absolute atomic E-state index is 0.0784. The maximum Gasteiger partial charge on any atom is 0.320 e. The van der Waals surface area contributed by atoms with Gasteiger partial charge in [0.15, 0.2) is 0 Å². The van der Waals surface area contributed by atoms with Crippen LogP contribution in [0.1, 0.15) is 26.2 Å². The second-order valence-electron chi connectivity index (χ2n) is 5.70. The highest BCUT2D eigenvalue weighted by molar-refractivity contribution is 5.75. The molecule has 2 heterocycles. The van der Waals surface area contributed by atoms with Gasteiger partial charge in [-0.05, 0) is 18.8 Å². The van der Waals surface area contributed by atoms with Crippen molar-refractivity contribution in [3.63, 3.8) is 0 Å². The Morgan fingerprint density at radius 1 is 1.25 bits per heavy atom. The predicted molar refractivity (Wildman–Crippen MR) is 73.3 cm³/mol. The van der Waals surface area contributed by atoms with Gasteiger partial charge in [0, 0.05) is 26.2 Å². The van der Waals surface area contributed by atoms with Crippen molar-refractivity contribution in [3.8, 4) is 0 Å². The van der Waals surface area contributed by atoms with E-state index in [0.717, 1.165) is 19.5 Å². The van der Waals surface area contributed by atoms with Gasteiger partial charge >= 0.3 is 12.0 Å². The Balaban J connectivity index is 1.87. The molecule has 0 aliphatic carbocycles. The molecule has 0 N–H and O–H groups in total. The van der Waals surface area contributed by atoms with Gasteiger partial charge in [0.05, 0.1) is 26.2 Å². The van der Waals surface area contributed by atoms with E-state index in [4.69, 9.17) is 4.74 Å². The normalized spacial score (nSPS) is 27.3. The van der Waals surface area contributed by atoms with E-state index in [9.17, 15) is 9.59 Å². The average molecular weight is 284 g/mol. The summed E-state index contributed by atoms with van der Waals surface area (Å²) < 4.78 is 10.2. The van der Waals surface area contributed by atoms with Gasteiger partial charge in [-0.15, -0.1) is 0 Å². The molecule has 0 saturated carbocycles. The number of esters is 1. The maximum atomic E-state index is 12.5. The summed E-state index contributed by atoms with van der Waals surface area (Å²) in [6.07, 6.45) is 2.22. The van der Waals surface area contributed by atoms with Gasteiger partial charge in [-0.2, -0.15) is 0 Å². The van der Waals surface area contributed by atoms with E-state index in [1.807, 2.05) is 4.90 Å². The quantitative estimate of drug-likeness (QED) is 0.713. The number of morpholine rings is 1. The van der Waals surface area contributed by atoms with Gasteiger partial charge in [0.25, 0.3) is 0 Å². The number of urea groups is 1. The van der Waals surface area contributed by atoms with E-state index in [1.165, 1.54) is 13.5 Å². The van der Waals surface area contributed by atoms with Crippen LogP contribution in [-0.4, -0.2) is 67.8 Å². The topological polar surface area (TPSA) is 59.1 Å². The summed E-state index contributed by atoms with van der Waals surface area (Å²) in [5.41, 5.74) is 0. The van der Waals surface area contributed by atoms with Crippen molar-refractivity contribution in [3.05, 3.63) is 0 Å². The molecule has 2 rings (SSSR count). The fraction of sp³-hybridized carbons (Fsp3) is 0.857. The highest BCUT2D eigenvalue weighted by Crippen LogP contribution is 2.18. The monoisotopic (exact) mass is 284 g/mol. The predicted octanol–water partition coefficient (Wildman–Crippen LogP) is 1.10. The first kappa shape index (κ1) is 15.1. The molecule has 0 radical (unpaired) electrons. The summed E-state index contributed by atoms with van der Waals surface area (Å²) >= 11 is 0. The number of piperidine rings is 1. The highest BCUT2D eigenvalue weighted by Gasteiger charge is 2.30. The minimum Gasteiger partial charge on any atom is -0.469 e. The van der Waals surface area contributed by atoms with Crippen molar-refractivity contribution < 1.29 is 19.1 Å². The number of rotatable bonds is 2. The van der Waals surface area contributed by atoms with Crippen LogP contribution in [0.4, 0.5) is 4.79 Å². The van der Waals surface area contributed by atoms with Crippen LogP contribution in [0.3, 0.4) is 0 Å². The van der Waals surface area contributed by atoms with Crippen LogP contribution in [0.25, 0.3) is 0 Å². The Bertz CT molecular complexity index is 361. The van der Waals surface area contributed by atoms with Crippen LogP contribution >= 0.6 is 0 Å². The fourth-order valence-corrected chi connectivity index (χ4v) is 2.85. The molecule has 0 aromatic heterocycles. The van der Waals surface area contributed by atoms with E-state index < -0.39 is 0 Å². The lowest BCUT2D eigenvalue weighted by Crippen LogP contribution is -2.53. The van der Waals surface area contributed by atoms with Gasteiger partial charge in [-0.25, -0.2) is 4.79 Å². The summed E-state index contributed by atoms with van der Waals surface area (Å²) in [6, 6.07) is 0.0784. The molecule has 0 aromatic rings. The van der Waals surface area contributed by atoms with Crippen molar-refractivity contribution in [1.82, 2.24) is 9.80 Å². The van der Waals surface area contributed by atoms with E-state index in [-0.39, 0.29) is 24.5 Å². The molecule has 114 valence electrons.